The Kier molecular flexibility index (Phi) is 3.26. The number of nitrogens with zero attached hydrogens (tertiary/aromatic N) is 2. The fourth-order valence-corrected chi connectivity index (χ4v) is 2.52. The van der Waals surface area contributed by atoms with E-state index in [1.54, 1.807) is 6.20 Å². The summed E-state index contributed by atoms with van der Waals surface area (Å²) in [4.78, 5) is 6.37. The molecule has 4 N–H and O–H groups in total. The third-order valence-electron chi connectivity index (χ3n) is 3.38. The van der Waals surface area contributed by atoms with Gasteiger partial charge in [-0.3, -0.25) is 5.41 Å². The lowest BCUT2D eigenvalue weighted by Crippen LogP contribution is -2.47. The number of nitrogens with two attached hydrogens (primary N) is 1. The van der Waals surface area contributed by atoms with E-state index in [0.29, 0.717) is 17.9 Å². The van der Waals surface area contributed by atoms with E-state index in [-0.39, 0.29) is 5.84 Å². The number of hydrogen-bond acceptors (Lipinski definition) is 4. The van der Waals surface area contributed by atoms with Crippen LogP contribution in [-0.2, 0) is 0 Å². The number of β-amino-alcohol motifs (C(OH)–C–C–N with tert-alkyl or cyclic N) is 1. The van der Waals surface area contributed by atoms with Crippen molar-refractivity contribution in [2.24, 2.45) is 5.73 Å². The summed E-state index contributed by atoms with van der Waals surface area (Å²) in [5.74, 6) is 0.739. The van der Waals surface area contributed by atoms with Gasteiger partial charge >= 0.3 is 0 Å². The lowest BCUT2D eigenvalue weighted by Gasteiger charge is -2.38. The number of anilines is 1. The van der Waals surface area contributed by atoms with Gasteiger partial charge in [-0.2, -0.15) is 0 Å². The minimum atomic E-state index is -0.697. The number of aliphatic hydroxyl groups is 1. The van der Waals surface area contributed by atoms with E-state index >= 15 is 0 Å². The standard InChI is InChI=1S/C13H20N4O/c1-9-4-6-16-12(10(9)11(14)15)17-7-3-5-13(2,18)8-17/h4,6,18H,3,5,7-8H2,1-2H3,(H3,14,15). The molecule has 0 amide bonds. The first kappa shape index (κ1) is 12.8. The molecular formula is C13H20N4O. The van der Waals surface area contributed by atoms with Crippen LogP contribution in [0.2, 0.25) is 0 Å². The Hall–Kier alpha value is -1.62. The van der Waals surface area contributed by atoms with Gasteiger partial charge in [0.15, 0.2) is 0 Å². The van der Waals surface area contributed by atoms with Crippen LogP contribution in [-0.4, -0.2) is 34.6 Å². The van der Waals surface area contributed by atoms with Crippen LogP contribution in [0.1, 0.15) is 30.9 Å². The number of pyridine rings is 1. The van der Waals surface area contributed by atoms with Gasteiger partial charge in [0, 0.05) is 19.3 Å². The summed E-state index contributed by atoms with van der Waals surface area (Å²) in [6, 6.07) is 1.85. The monoisotopic (exact) mass is 248 g/mol. The van der Waals surface area contributed by atoms with Crippen LogP contribution in [0.15, 0.2) is 12.3 Å². The first-order chi connectivity index (χ1) is 8.41. The highest BCUT2D eigenvalue weighted by Gasteiger charge is 2.30. The van der Waals surface area contributed by atoms with E-state index in [1.807, 2.05) is 24.8 Å². The number of aryl methyl sites for hydroxylation is 1. The highest BCUT2D eigenvalue weighted by atomic mass is 16.3. The lowest BCUT2D eigenvalue weighted by atomic mass is 9.94. The van der Waals surface area contributed by atoms with E-state index in [4.69, 9.17) is 11.1 Å². The maximum atomic E-state index is 10.2. The van der Waals surface area contributed by atoms with Crippen molar-refractivity contribution in [3.8, 4) is 0 Å². The summed E-state index contributed by atoms with van der Waals surface area (Å²) in [6.07, 6.45) is 3.44. The van der Waals surface area contributed by atoms with Crippen LogP contribution in [0.25, 0.3) is 0 Å². The average molecular weight is 248 g/mol. The Bertz CT molecular complexity index is 470. The minimum absolute atomic E-state index is 0.0285. The third kappa shape index (κ3) is 2.46. The van der Waals surface area contributed by atoms with Crippen molar-refractivity contribution < 1.29 is 5.11 Å². The smallest absolute Gasteiger partial charge is 0.139 e. The van der Waals surface area contributed by atoms with Crippen LogP contribution >= 0.6 is 0 Å². The van der Waals surface area contributed by atoms with Crippen molar-refractivity contribution in [3.05, 3.63) is 23.4 Å². The molecule has 1 aliphatic heterocycles. The number of nitrogen functional groups attached to an aromatic ring is 1. The molecular weight excluding hydrogens is 228 g/mol. The van der Waals surface area contributed by atoms with Crippen LogP contribution in [0, 0.1) is 12.3 Å². The summed E-state index contributed by atoms with van der Waals surface area (Å²) >= 11 is 0. The number of rotatable bonds is 2. The Morgan fingerprint density at radius 2 is 2.33 bits per heavy atom. The van der Waals surface area contributed by atoms with Crippen molar-refractivity contribution in [1.29, 1.82) is 5.41 Å². The molecule has 1 saturated heterocycles. The van der Waals surface area contributed by atoms with Crippen LogP contribution < -0.4 is 10.6 Å². The molecule has 0 aliphatic carbocycles. The van der Waals surface area contributed by atoms with E-state index in [0.717, 1.165) is 24.9 Å². The highest BCUT2D eigenvalue weighted by Crippen LogP contribution is 2.27. The van der Waals surface area contributed by atoms with Crippen LogP contribution in [0.4, 0.5) is 5.82 Å². The molecule has 1 aliphatic rings. The Morgan fingerprint density at radius 1 is 1.61 bits per heavy atom. The second kappa shape index (κ2) is 4.57. The molecule has 5 heteroatoms. The molecule has 2 heterocycles. The fourth-order valence-electron chi connectivity index (χ4n) is 2.52. The molecule has 0 aromatic carbocycles. The summed E-state index contributed by atoms with van der Waals surface area (Å²) in [5.41, 5.74) is 6.57. The van der Waals surface area contributed by atoms with Crippen LogP contribution in [0.5, 0.6) is 0 Å². The lowest BCUT2D eigenvalue weighted by molar-refractivity contribution is 0.0447. The van der Waals surface area contributed by atoms with Crippen molar-refractivity contribution in [2.45, 2.75) is 32.3 Å². The molecule has 98 valence electrons. The number of amidine groups is 1. The maximum absolute atomic E-state index is 10.2. The highest BCUT2D eigenvalue weighted by molar-refractivity contribution is 6.01. The summed E-state index contributed by atoms with van der Waals surface area (Å²) < 4.78 is 0. The maximum Gasteiger partial charge on any atom is 0.139 e. The van der Waals surface area contributed by atoms with Gasteiger partial charge in [-0.15, -0.1) is 0 Å². The van der Waals surface area contributed by atoms with Crippen molar-refractivity contribution in [1.82, 2.24) is 4.98 Å². The molecule has 1 atom stereocenters. The van der Waals surface area contributed by atoms with Crippen molar-refractivity contribution >= 4 is 11.7 Å². The van der Waals surface area contributed by atoms with E-state index in [2.05, 4.69) is 4.98 Å². The van der Waals surface area contributed by atoms with Gasteiger partial charge in [0.1, 0.15) is 11.7 Å². The number of nitrogens with one attached hydrogen (secondary N) is 1. The van der Waals surface area contributed by atoms with E-state index in [1.165, 1.54) is 0 Å². The largest absolute Gasteiger partial charge is 0.388 e. The number of piperidine rings is 1. The molecule has 1 unspecified atom stereocenters. The van der Waals surface area contributed by atoms with Gasteiger partial charge in [0.25, 0.3) is 0 Å². The molecule has 5 nitrogen and oxygen atoms in total. The number of aromatic nitrogens is 1. The van der Waals surface area contributed by atoms with Gasteiger partial charge < -0.3 is 15.7 Å². The Balaban J connectivity index is 2.39. The zero-order valence-corrected chi connectivity index (χ0v) is 10.9. The summed E-state index contributed by atoms with van der Waals surface area (Å²) in [7, 11) is 0. The molecule has 2 rings (SSSR count). The van der Waals surface area contributed by atoms with Gasteiger partial charge in [-0.25, -0.2) is 4.98 Å². The van der Waals surface area contributed by atoms with E-state index in [9.17, 15) is 5.11 Å². The third-order valence-corrected chi connectivity index (χ3v) is 3.38. The SMILES string of the molecule is Cc1ccnc(N2CCCC(C)(O)C2)c1C(=N)N. The van der Waals surface area contributed by atoms with Crippen molar-refractivity contribution in [2.75, 3.05) is 18.0 Å². The normalized spacial score (nSPS) is 24.1. The molecule has 0 saturated carbocycles. The molecule has 18 heavy (non-hydrogen) atoms. The van der Waals surface area contributed by atoms with E-state index < -0.39 is 5.60 Å². The van der Waals surface area contributed by atoms with Gasteiger partial charge in [-0.1, -0.05) is 0 Å². The molecule has 1 aromatic rings. The number of hydrogen-bond donors (Lipinski definition) is 3. The Morgan fingerprint density at radius 3 is 2.94 bits per heavy atom. The topological polar surface area (TPSA) is 86.2 Å². The second-order valence-electron chi connectivity index (χ2n) is 5.26. The summed E-state index contributed by atoms with van der Waals surface area (Å²) in [5, 5.41) is 17.8. The van der Waals surface area contributed by atoms with Crippen molar-refractivity contribution in [3.63, 3.8) is 0 Å². The van der Waals surface area contributed by atoms with Gasteiger partial charge in [0.2, 0.25) is 0 Å². The Labute approximate surface area is 107 Å². The van der Waals surface area contributed by atoms with Gasteiger partial charge in [-0.05, 0) is 38.3 Å². The average Bonchev–Trinajstić information content (AvgIpc) is 2.26. The van der Waals surface area contributed by atoms with Crippen LogP contribution in [0.3, 0.4) is 0 Å². The second-order valence-corrected chi connectivity index (χ2v) is 5.26. The zero-order valence-electron chi connectivity index (χ0n) is 10.9. The molecule has 0 bridgehead atoms. The molecule has 0 spiro atoms. The zero-order chi connectivity index (χ0) is 13.3. The summed E-state index contributed by atoms with van der Waals surface area (Å²) in [6.45, 7) is 5.13. The predicted octanol–water partition coefficient (Wildman–Crippen LogP) is 1.03. The predicted molar refractivity (Wildman–Crippen MR) is 72.1 cm³/mol. The fraction of sp³-hybridized carbons (Fsp3) is 0.538. The first-order valence-electron chi connectivity index (χ1n) is 6.18. The quantitative estimate of drug-likeness (QED) is 0.539. The molecule has 1 aromatic heterocycles. The first-order valence-corrected chi connectivity index (χ1v) is 6.18. The molecule has 0 radical (unpaired) electrons. The van der Waals surface area contributed by atoms with Gasteiger partial charge in [0.05, 0.1) is 11.2 Å². The molecule has 1 fully saturated rings. The minimum Gasteiger partial charge on any atom is -0.388 e.